The van der Waals surface area contributed by atoms with Crippen LogP contribution in [0.3, 0.4) is 0 Å². The molecule has 2 aromatic rings. The maximum Gasteiger partial charge on any atom is 0.349 e. The molecule has 0 fully saturated rings. The van der Waals surface area contributed by atoms with E-state index < -0.39 is 59.8 Å². The van der Waals surface area contributed by atoms with Gasteiger partial charge in [0.05, 0.1) is 22.7 Å². The molecule has 0 aromatic heterocycles. The molecule has 2 rings (SSSR count). The summed E-state index contributed by atoms with van der Waals surface area (Å²) < 4.78 is 19.0. The van der Waals surface area contributed by atoms with E-state index in [1.54, 1.807) is 0 Å². The molecule has 0 amide bonds. The van der Waals surface area contributed by atoms with Crippen molar-refractivity contribution in [2.45, 2.75) is 12.8 Å². The number of hydrogen-bond acceptors (Lipinski definition) is 12. The minimum absolute atomic E-state index is 0.0100. The van der Waals surface area contributed by atoms with Gasteiger partial charge >= 0.3 is 23.9 Å². The van der Waals surface area contributed by atoms with Crippen LogP contribution >= 0.6 is 0 Å². The molecule has 0 N–H and O–H groups in total. The van der Waals surface area contributed by atoms with E-state index >= 15 is 0 Å². The fraction of sp³-hybridized carbons (Fsp3) is 0.200. The van der Waals surface area contributed by atoms with Crippen LogP contribution in [0.25, 0.3) is 0 Å². The van der Waals surface area contributed by atoms with Crippen LogP contribution in [-0.2, 0) is 28.7 Å². The lowest BCUT2D eigenvalue weighted by Gasteiger charge is -2.07. The molecule has 0 saturated heterocycles. The van der Waals surface area contributed by atoms with Gasteiger partial charge in [-0.2, -0.15) is 0 Å². The van der Waals surface area contributed by atoms with Crippen molar-refractivity contribution in [1.82, 2.24) is 0 Å². The molecular formula is C20H16N2O12. The zero-order valence-electron chi connectivity index (χ0n) is 17.2. The quantitative estimate of drug-likeness (QED) is 0.198. The number of nitrogens with zero attached hydrogens (tertiary/aromatic N) is 2. The van der Waals surface area contributed by atoms with Crippen LogP contribution in [0.2, 0.25) is 0 Å². The Morgan fingerprint density at radius 3 is 1.21 bits per heavy atom. The highest BCUT2D eigenvalue weighted by molar-refractivity contribution is 5.82. The molecule has 178 valence electrons. The third-order valence-corrected chi connectivity index (χ3v) is 3.79. The van der Waals surface area contributed by atoms with Crippen LogP contribution in [0.15, 0.2) is 48.5 Å². The Morgan fingerprint density at radius 2 is 0.912 bits per heavy atom. The molecule has 14 nitrogen and oxygen atoms in total. The SMILES string of the molecule is O=C(CCC(=O)OCC(=O)Oc1ccc([N+](=O)[O-])cc1)OCC(=O)Oc1ccc([N+](=O)[O-])cc1. The van der Waals surface area contributed by atoms with Crippen molar-refractivity contribution in [2.75, 3.05) is 13.2 Å². The number of nitro benzene ring substituents is 2. The number of esters is 4. The predicted octanol–water partition coefficient (Wildman–Crippen LogP) is 1.88. The van der Waals surface area contributed by atoms with E-state index in [0.717, 1.165) is 24.3 Å². The number of non-ortho nitro benzene ring substituents is 2. The summed E-state index contributed by atoms with van der Waals surface area (Å²) in [7, 11) is 0. The van der Waals surface area contributed by atoms with Crippen molar-refractivity contribution in [3.63, 3.8) is 0 Å². The third-order valence-electron chi connectivity index (χ3n) is 3.79. The van der Waals surface area contributed by atoms with Gasteiger partial charge in [0.2, 0.25) is 0 Å². The fourth-order valence-corrected chi connectivity index (χ4v) is 2.22. The van der Waals surface area contributed by atoms with Crippen molar-refractivity contribution < 1.29 is 48.0 Å². The van der Waals surface area contributed by atoms with Gasteiger partial charge in [0.1, 0.15) is 11.5 Å². The van der Waals surface area contributed by atoms with Gasteiger partial charge in [0.15, 0.2) is 13.2 Å². The smallest absolute Gasteiger partial charge is 0.349 e. The minimum Gasteiger partial charge on any atom is -0.454 e. The first-order valence-electron chi connectivity index (χ1n) is 9.35. The molecule has 0 bridgehead atoms. The minimum atomic E-state index is -0.946. The zero-order valence-corrected chi connectivity index (χ0v) is 17.2. The highest BCUT2D eigenvalue weighted by atomic mass is 16.6. The molecule has 0 saturated carbocycles. The number of benzene rings is 2. The van der Waals surface area contributed by atoms with Crippen molar-refractivity contribution in [2.24, 2.45) is 0 Å². The Morgan fingerprint density at radius 1 is 0.588 bits per heavy atom. The highest BCUT2D eigenvalue weighted by Crippen LogP contribution is 2.18. The van der Waals surface area contributed by atoms with E-state index in [9.17, 15) is 39.4 Å². The van der Waals surface area contributed by atoms with E-state index in [0.29, 0.717) is 0 Å². The maximum atomic E-state index is 11.6. The van der Waals surface area contributed by atoms with E-state index in [4.69, 9.17) is 9.47 Å². The second-order valence-electron chi connectivity index (χ2n) is 6.27. The summed E-state index contributed by atoms with van der Waals surface area (Å²) in [6, 6.07) is 9.29. The lowest BCUT2D eigenvalue weighted by atomic mass is 10.3. The van der Waals surface area contributed by atoms with Crippen LogP contribution in [0.4, 0.5) is 11.4 Å². The molecule has 2 aromatic carbocycles. The lowest BCUT2D eigenvalue weighted by molar-refractivity contribution is -0.385. The molecule has 0 aliphatic heterocycles. The predicted molar refractivity (Wildman–Crippen MR) is 109 cm³/mol. The van der Waals surface area contributed by atoms with Gasteiger partial charge in [-0.1, -0.05) is 0 Å². The number of nitro groups is 2. The van der Waals surface area contributed by atoms with Gasteiger partial charge < -0.3 is 18.9 Å². The molecular weight excluding hydrogens is 460 g/mol. The summed E-state index contributed by atoms with van der Waals surface area (Å²) in [5, 5.41) is 21.1. The Balaban J connectivity index is 1.63. The third kappa shape index (κ3) is 8.70. The summed E-state index contributed by atoms with van der Waals surface area (Å²) in [6.45, 7) is -1.52. The lowest BCUT2D eigenvalue weighted by Crippen LogP contribution is -2.21. The molecule has 0 radical (unpaired) electrons. The Kier molecular flexibility index (Phi) is 9.13. The molecule has 0 aliphatic carbocycles. The van der Waals surface area contributed by atoms with Gasteiger partial charge in [0.25, 0.3) is 11.4 Å². The van der Waals surface area contributed by atoms with E-state index in [1.807, 2.05) is 0 Å². The zero-order chi connectivity index (χ0) is 25.1. The van der Waals surface area contributed by atoms with Gasteiger partial charge in [-0.05, 0) is 24.3 Å². The summed E-state index contributed by atoms with van der Waals surface area (Å²) in [6.07, 6.45) is -0.887. The number of rotatable bonds is 11. The van der Waals surface area contributed by atoms with Gasteiger partial charge in [-0.3, -0.25) is 29.8 Å². The summed E-state index contributed by atoms with van der Waals surface area (Å²) in [5.41, 5.74) is -0.393. The molecule has 0 spiro atoms. The largest absolute Gasteiger partial charge is 0.454 e. The summed E-state index contributed by atoms with van der Waals surface area (Å²) in [4.78, 5) is 66.4. The number of carbonyl (C=O) groups excluding carboxylic acids is 4. The van der Waals surface area contributed by atoms with Crippen molar-refractivity contribution >= 4 is 35.3 Å². The van der Waals surface area contributed by atoms with E-state index in [1.165, 1.54) is 24.3 Å². The molecule has 0 unspecified atom stereocenters. The number of ether oxygens (including phenoxy) is 4. The second-order valence-corrected chi connectivity index (χ2v) is 6.27. The normalized spacial score (nSPS) is 10.0. The topological polar surface area (TPSA) is 191 Å². The van der Waals surface area contributed by atoms with Crippen LogP contribution in [0.1, 0.15) is 12.8 Å². The van der Waals surface area contributed by atoms with Crippen LogP contribution in [0, 0.1) is 20.2 Å². The van der Waals surface area contributed by atoms with Gasteiger partial charge in [-0.25, -0.2) is 9.59 Å². The molecule has 0 heterocycles. The van der Waals surface area contributed by atoms with Crippen molar-refractivity contribution in [3.8, 4) is 11.5 Å². The van der Waals surface area contributed by atoms with Crippen LogP contribution in [0.5, 0.6) is 11.5 Å². The first-order valence-corrected chi connectivity index (χ1v) is 9.35. The van der Waals surface area contributed by atoms with Crippen molar-refractivity contribution in [3.05, 3.63) is 68.8 Å². The average Bonchev–Trinajstić information content (AvgIpc) is 2.80. The monoisotopic (exact) mass is 476 g/mol. The number of carbonyl (C=O) groups is 4. The molecule has 14 heteroatoms. The Bertz CT molecular complexity index is 992. The highest BCUT2D eigenvalue weighted by Gasteiger charge is 2.15. The van der Waals surface area contributed by atoms with Crippen LogP contribution in [-0.4, -0.2) is 46.9 Å². The number of hydrogen-bond donors (Lipinski definition) is 0. The Labute approximate surface area is 190 Å². The van der Waals surface area contributed by atoms with E-state index in [2.05, 4.69) is 9.47 Å². The summed E-state index contributed by atoms with van der Waals surface area (Å²) >= 11 is 0. The van der Waals surface area contributed by atoms with Gasteiger partial charge in [-0.15, -0.1) is 0 Å². The fourth-order valence-electron chi connectivity index (χ4n) is 2.22. The average molecular weight is 476 g/mol. The van der Waals surface area contributed by atoms with Crippen LogP contribution < -0.4 is 9.47 Å². The first-order chi connectivity index (χ1) is 16.1. The molecule has 0 atom stereocenters. The Hall–Kier alpha value is -4.88. The van der Waals surface area contributed by atoms with Crippen molar-refractivity contribution in [1.29, 1.82) is 0 Å². The summed E-state index contributed by atoms with van der Waals surface area (Å²) in [5.74, 6) is -3.69. The standard InChI is InChI=1S/C20H16N2O12/c23-17(31-11-19(25)33-15-5-1-13(2-6-15)21(27)28)9-10-18(24)32-12-20(26)34-16-7-3-14(4-8-16)22(29)30/h1-8H,9-12H2. The maximum absolute atomic E-state index is 11.6. The molecule has 34 heavy (non-hydrogen) atoms. The second kappa shape index (κ2) is 12.2. The van der Waals surface area contributed by atoms with E-state index in [-0.39, 0.29) is 22.9 Å². The molecule has 0 aliphatic rings. The first kappa shape index (κ1) is 25.4. The van der Waals surface area contributed by atoms with Gasteiger partial charge in [0, 0.05) is 24.3 Å².